The maximum Gasteiger partial charge on any atom is 0.434 e. The molecule has 0 spiro atoms. The van der Waals surface area contributed by atoms with Crippen LogP contribution in [0, 0.1) is 20.8 Å². The summed E-state index contributed by atoms with van der Waals surface area (Å²) in [6.45, 7) is 5.99. The lowest BCUT2D eigenvalue weighted by Gasteiger charge is -2.13. The van der Waals surface area contributed by atoms with Crippen LogP contribution in [0.2, 0.25) is 0 Å². The van der Waals surface area contributed by atoms with Crippen molar-refractivity contribution in [3.8, 4) is 17.2 Å². The third-order valence-electron chi connectivity index (χ3n) is 2.97. The van der Waals surface area contributed by atoms with E-state index in [2.05, 4.69) is 10.2 Å². The zero-order valence-corrected chi connectivity index (χ0v) is 10.2. The Hall–Kier alpha value is -2.04. The summed E-state index contributed by atoms with van der Waals surface area (Å²) in [7, 11) is 1.59. The fraction of sp³-hybridized carbons (Fsp3) is 0.333. The molecule has 2 aromatic rings. The summed E-state index contributed by atoms with van der Waals surface area (Å²) in [4.78, 5) is 11.0. The molecule has 0 amide bonds. The largest absolute Gasteiger partial charge is 0.496 e. The van der Waals surface area contributed by atoms with Crippen LogP contribution in [0.25, 0.3) is 11.5 Å². The first-order valence-electron chi connectivity index (χ1n) is 5.25. The number of benzene rings is 1. The van der Waals surface area contributed by atoms with Crippen molar-refractivity contribution in [1.29, 1.82) is 0 Å². The SMILES string of the molecule is COc1c(-c2n[nH]c(=O)o2)cc(C)c(C)c1C. The van der Waals surface area contributed by atoms with Gasteiger partial charge in [-0.1, -0.05) is 0 Å². The van der Waals surface area contributed by atoms with Crippen molar-refractivity contribution in [2.24, 2.45) is 0 Å². The first-order valence-corrected chi connectivity index (χ1v) is 5.25. The second-order valence-electron chi connectivity index (χ2n) is 3.94. The van der Waals surface area contributed by atoms with Crippen molar-refractivity contribution in [3.63, 3.8) is 0 Å². The summed E-state index contributed by atoms with van der Waals surface area (Å²) in [5, 5.41) is 6.07. The van der Waals surface area contributed by atoms with Gasteiger partial charge in [-0.3, -0.25) is 0 Å². The minimum Gasteiger partial charge on any atom is -0.496 e. The van der Waals surface area contributed by atoms with Gasteiger partial charge in [0.2, 0.25) is 0 Å². The van der Waals surface area contributed by atoms with Crippen LogP contribution in [0.3, 0.4) is 0 Å². The summed E-state index contributed by atoms with van der Waals surface area (Å²) in [5.74, 6) is 0.360. The number of aromatic nitrogens is 2. The Morgan fingerprint density at radius 2 is 2.00 bits per heavy atom. The Morgan fingerprint density at radius 1 is 1.29 bits per heavy atom. The molecule has 17 heavy (non-hydrogen) atoms. The molecule has 0 radical (unpaired) electrons. The standard InChI is InChI=1S/C12H14N2O3/c1-6-5-9(11-13-14-12(15)17-11)10(16-4)8(3)7(6)2/h5H,1-4H3,(H,14,15). The molecule has 0 aliphatic heterocycles. The molecule has 0 aliphatic carbocycles. The number of rotatable bonds is 2. The van der Waals surface area contributed by atoms with Gasteiger partial charge >= 0.3 is 5.76 Å². The van der Waals surface area contributed by atoms with E-state index in [1.54, 1.807) is 7.11 Å². The van der Waals surface area contributed by atoms with Gasteiger partial charge < -0.3 is 9.15 Å². The smallest absolute Gasteiger partial charge is 0.434 e. The number of nitrogens with one attached hydrogen (secondary N) is 1. The highest BCUT2D eigenvalue weighted by molar-refractivity contribution is 5.68. The Balaban J connectivity index is 2.73. The third-order valence-corrected chi connectivity index (χ3v) is 2.97. The Labute approximate surface area is 98.4 Å². The van der Waals surface area contributed by atoms with E-state index in [1.807, 2.05) is 26.8 Å². The average Bonchev–Trinajstić information content (AvgIpc) is 2.72. The lowest BCUT2D eigenvalue weighted by Crippen LogP contribution is -1.97. The third kappa shape index (κ3) is 1.84. The summed E-state index contributed by atoms with van der Waals surface area (Å²) >= 11 is 0. The van der Waals surface area contributed by atoms with Crippen LogP contribution < -0.4 is 10.5 Å². The number of nitrogens with zero attached hydrogens (tertiary/aromatic N) is 1. The lowest BCUT2D eigenvalue weighted by atomic mass is 9.99. The minimum absolute atomic E-state index is 0.248. The van der Waals surface area contributed by atoms with Gasteiger partial charge in [0.1, 0.15) is 5.75 Å². The summed E-state index contributed by atoms with van der Waals surface area (Å²) in [5.41, 5.74) is 3.96. The topological polar surface area (TPSA) is 68.1 Å². The average molecular weight is 234 g/mol. The number of hydrogen-bond acceptors (Lipinski definition) is 4. The maximum atomic E-state index is 11.0. The molecular weight excluding hydrogens is 220 g/mol. The quantitative estimate of drug-likeness (QED) is 0.862. The number of hydrogen-bond donors (Lipinski definition) is 1. The molecule has 0 aliphatic rings. The second-order valence-corrected chi connectivity index (χ2v) is 3.94. The van der Waals surface area contributed by atoms with Gasteiger partial charge in [0.05, 0.1) is 12.7 Å². The van der Waals surface area contributed by atoms with Crippen molar-refractivity contribution in [2.75, 3.05) is 7.11 Å². The summed E-state index contributed by atoms with van der Waals surface area (Å²) in [6.07, 6.45) is 0. The van der Waals surface area contributed by atoms with Crippen LogP contribution in [-0.4, -0.2) is 17.3 Å². The van der Waals surface area contributed by atoms with Gasteiger partial charge in [-0.05, 0) is 43.5 Å². The van der Waals surface area contributed by atoms with E-state index in [9.17, 15) is 4.79 Å². The predicted octanol–water partition coefficient (Wildman–Crippen LogP) is 1.96. The highest BCUT2D eigenvalue weighted by Gasteiger charge is 2.16. The second kappa shape index (κ2) is 4.08. The molecule has 1 aromatic heterocycles. The molecule has 0 saturated heterocycles. The Kier molecular flexibility index (Phi) is 2.75. The van der Waals surface area contributed by atoms with E-state index in [-0.39, 0.29) is 5.89 Å². The van der Waals surface area contributed by atoms with Gasteiger partial charge in [0.25, 0.3) is 5.89 Å². The van der Waals surface area contributed by atoms with Gasteiger partial charge in [-0.25, -0.2) is 9.89 Å². The summed E-state index contributed by atoms with van der Waals surface area (Å²) in [6, 6.07) is 1.90. The minimum atomic E-state index is -0.571. The zero-order chi connectivity index (χ0) is 12.6. The first-order chi connectivity index (χ1) is 8.04. The molecular formula is C12H14N2O3. The highest BCUT2D eigenvalue weighted by atomic mass is 16.5. The van der Waals surface area contributed by atoms with Crippen LogP contribution in [0.1, 0.15) is 16.7 Å². The number of aromatic amines is 1. The first kappa shape index (κ1) is 11.4. The van der Waals surface area contributed by atoms with Crippen LogP contribution in [0.15, 0.2) is 15.3 Å². The van der Waals surface area contributed by atoms with E-state index in [1.165, 1.54) is 0 Å². The molecule has 0 bridgehead atoms. The van der Waals surface area contributed by atoms with Crippen molar-refractivity contribution in [3.05, 3.63) is 33.3 Å². The molecule has 5 nitrogen and oxygen atoms in total. The van der Waals surface area contributed by atoms with Crippen molar-refractivity contribution < 1.29 is 9.15 Å². The number of aryl methyl sites for hydroxylation is 1. The van der Waals surface area contributed by atoms with Gasteiger partial charge in [0.15, 0.2) is 0 Å². The monoisotopic (exact) mass is 234 g/mol. The van der Waals surface area contributed by atoms with Gasteiger partial charge in [0, 0.05) is 0 Å². The van der Waals surface area contributed by atoms with E-state index in [4.69, 9.17) is 9.15 Å². The van der Waals surface area contributed by atoms with Crippen molar-refractivity contribution in [1.82, 2.24) is 10.2 Å². The van der Waals surface area contributed by atoms with Crippen molar-refractivity contribution in [2.45, 2.75) is 20.8 Å². The van der Waals surface area contributed by atoms with Gasteiger partial charge in [-0.2, -0.15) is 0 Å². The molecule has 1 N–H and O–H groups in total. The molecule has 0 unspecified atom stereocenters. The maximum absolute atomic E-state index is 11.0. The van der Waals surface area contributed by atoms with Crippen LogP contribution in [0.5, 0.6) is 5.75 Å². The molecule has 2 rings (SSSR count). The fourth-order valence-corrected chi connectivity index (χ4v) is 1.83. The van der Waals surface area contributed by atoms with Crippen LogP contribution in [0.4, 0.5) is 0 Å². The Morgan fingerprint density at radius 3 is 2.53 bits per heavy atom. The van der Waals surface area contributed by atoms with E-state index >= 15 is 0 Å². The van der Waals surface area contributed by atoms with E-state index < -0.39 is 5.76 Å². The van der Waals surface area contributed by atoms with Gasteiger partial charge in [-0.15, -0.1) is 5.10 Å². The van der Waals surface area contributed by atoms with Crippen LogP contribution in [-0.2, 0) is 0 Å². The molecule has 1 heterocycles. The number of methoxy groups -OCH3 is 1. The Bertz CT molecular complexity index is 611. The predicted molar refractivity (Wildman–Crippen MR) is 63.3 cm³/mol. The van der Waals surface area contributed by atoms with Crippen molar-refractivity contribution >= 4 is 0 Å². The molecule has 5 heteroatoms. The highest BCUT2D eigenvalue weighted by Crippen LogP contribution is 2.34. The number of H-pyrrole nitrogens is 1. The molecule has 90 valence electrons. The zero-order valence-electron chi connectivity index (χ0n) is 10.2. The molecule has 0 saturated carbocycles. The van der Waals surface area contributed by atoms with E-state index in [0.29, 0.717) is 11.3 Å². The number of ether oxygens (including phenoxy) is 1. The van der Waals surface area contributed by atoms with Crippen LogP contribution >= 0.6 is 0 Å². The molecule has 1 aromatic carbocycles. The normalized spacial score (nSPS) is 10.6. The summed E-state index contributed by atoms with van der Waals surface area (Å²) < 4.78 is 10.3. The molecule has 0 fully saturated rings. The fourth-order valence-electron chi connectivity index (χ4n) is 1.83. The lowest BCUT2D eigenvalue weighted by molar-refractivity contribution is 0.410. The molecule has 0 atom stereocenters. The van der Waals surface area contributed by atoms with E-state index in [0.717, 1.165) is 16.7 Å².